The predicted octanol–water partition coefficient (Wildman–Crippen LogP) is 6.03. The van der Waals surface area contributed by atoms with Crippen LogP contribution in [0.15, 0.2) is 108 Å². The van der Waals surface area contributed by atoms with Gasteiger partial charge in [0.2, 0.25) is 0 Å². The zero-order chi connectivity index (χ0) is 29.0. The van der Waals surface area contributed by atoms with Crippen LogP contribution in [0.25, 0.3) is 6.08 Å². The molecule has 4 aromatic carbocycles. The molecule has 0 aliphatic heterocycles. The number of carbonyl (C=O) groups excluding carboxylic acids is 3. The summed E-state index contributed by atoms with van der Waals surface area (Å²) in [5.41, 5.74) is 6.47. The second kappa shape index (κ2) is 14.0. The van der Waals surface area contributed by atoms with E-state index < -0.39 is 11.9 Å². The molecule has 2 amide bonds. The van der Waals surface area contributed by atoms with Crippen molar-refractivity contribution in [3.63, 3.8) is 0 Å². The molecule has 0 spiro atoms. The number of rotatable bonds is 10. The Morgan fingerprint density at radius 1 is 0.780 bits per heavy atom. The van der Waals surface area contributed by atoms with E-state index in [-0.39, 0.29) is 11.7 Å². The Balaban J connectivity index is 1.33. The highest BCUT2D eigenvalue weighted by Crippen LogP contribution is 2.28. The maximum absolute atomic E-state index is 12.5. The van der Waals surface area contributed by atoms with E-state index >= 15 is 0 Å². The molecular formula is C33H29N3O5. The third-order valence-corrected chi connectivity index (χ3v) is 5.75. The van der Waals surface area contributed by atoms with Gasteiger partial charge in [-0.2, -0.15) is 5.10 Å². The first-order chi connectivity index (χ1) is 19.9. The number of hydrazone groups is 1. The molecule has 8 nitrogen and oxygen atoms in total. The number of ether oxygens (including phenoxy) is 2. The van der Waals surface area contributed by atoms with Gasteiger partial charge in [-0.3, -0.25) is 9.59 Å². The fourth-order valence-corrected chi connectivity index (χ4v) is 3.75. The van der Waals surface area contributed by atoms with Crippen molar-refractivity contribution in [3.05, 3.63) is 131 Å². The molecule has 2 N–H and O–H groups in total. The Labute approximate surface area is 238 Å². The Morgan fingerprint density at radius 2 is 1.56 bits per heavy atom. The summed E-state index contributed by atoms with van der Waals surface area (Å²) in [6.07, 6.45) is 4.47. The lowest BCUT2D eigenvalue weighted by molar-refractivity contribution is -0.129. The van der Waals surface area contributed by atoms with E-state index in [2.05, 4.69) is 15.8 Å². The number of nitrogens with one attached hydrogen (secondary N) is 2. The first-order valence-corrected chi connectivity index (χ1v) is 12.9. The first kappa shape index (κ1) is 28.5. The summed E-state index contributed by atoms with van der Waals surface area (Å²) in [6.45, 7) is 4.10. The SMILES string of the molecule is CCOc1cc(/C=N\NC(=O)c2ccc(NC(=O)c3cccc(C)c3)cc2)ccc1OC(=O)/C=C/c1ccccc1. The fourth-order valence-electron chi connectivity index (χ4n) is 3.75. The van der Waals surface area contributed by atoms with Crippen molar-refractivity contribution in [2.24, 2.45) is 5.10 Å². The maximum Gasteiger partial charge on any atom is 0.336 e. The lowest BCUT2D eigenvalue weighted by Gasteiger charge is -2.10. The van der Waals surface area contributed by atoms with Gasteiger partial charge in [0.25, 0.3) is 11.8 Å². The van der Waals surface area contributed by atoms with Crippen LogP contribution >= 0.6 is 0 Å². The molecule has 0 aromatic heterocycles. The molecule has 41 heavy (non-hydrogen) atoms. The van der Waals surface area contributed by atoms with Crippen LogP contribution in [0.3, 0.4) is 0 Å². The Kier molecular flexibility index (Phi) is 9.77. The van der Waals surface area contributed by atoms with Crippen molar-refractivity contribution >= 4 is 35.8 Å². The summed E-state index contributed by atoms with van der Waals surface area (Å²) in [6, 6.07) is 28.1. The molecule has 0 aliphatic rings. The van der Waals surface area contributed by atoms with Crippen LogP contribution in [0.5, 0.6) is 11.5 Å². The number of amides is 2. The van der Waals surface area contributed by atoms with E-state index in [4.69, 9.17) is 9.47 Å². The van der Waals surface area contributed by atoms with Crippen molar-refractivity contribution in [1.29, 1.82) is 0 Å². The number of hydrogen-bond acceptors (Lipinski definition) is 6. The molecule has 0 saturated heterocycles. The summed E-state index contributed by atoms with van der Waals surface area (Å²) < 4.78 is 11.1. The van der Waals surface area contributed by atoms with Crippen LogP contribution in [0.2, 0.25) is 0 Å². The normalized spacial score (nSPS) is 10.9. The fraction of sp³-hybridized carbons (Fsp3) is 0.0909. The van der Waals surface area contributed by atoms with E-state index in [1.807, 2.05) is 56.3 Å². The lowest BCUT2D eigenvalue weighted by Crippen LogP contribution is -2.18. The molecule has 8 heteroatoms. The summed E-state index contributed by atoms with van der Waals surface area (Å²) in [4.78, 5) is 37.3. The highest BCUT2D eigenvalue weighted by Gasteiger charge is 2.11. The molecule has 4 aromatic rings. The maximum atomic E-state index is 12.5. The molecule has 0 bridgehead atoms. The second-order valence-corrected chi connectivity index (χ2v) is 8.90. The van der Waals surface area contributed by atoms with Crippen LogP contribution in [0.4, 0.5) is 5.69 Å². The Hall–Kier alpha value is -5.50. The van der Waals surface area contributed by atoms with E-state index in [0.717, 1.165) is 11.1 Å². The number of hydrogen-bond donors (Lipinski definition) is 2. The second-order valence-electron chi connectivity index (χ2n) is 8.90. The minimum absolute atomic E-state index is 0.230. The van der Waals surface area contributed by atoms with Gasteiger partial charge >= 0.3 is 5.97 Å². The van der Waals surface area contributed by atoms with Gasteiger partial charge in [0, 0.05) is 22.9 Å². The highest BCUT2D eigenvalue weighted by atomic mass is 16.6. The summed E-state index contributed by atoms with van der Waals surface area (Å²) >= 11 is 0. The van der Waals surface area contributed by atoms with Gasteiger partial charge in [0.05, 0.1) is 12.8 Å². The van der Waals surface area contributed by atoms with E-state index in [1.165, 1.54) is 12.3 Å². The number of nitrogens with zero attached hydrogens (tertiary/aromatic N) is 1. The van der Waals surface area contributed by atoms with Crippen LogP contribution in [0, 0.1) is 6.92 Å². The minimum Gasteiger partial charge on any atom is -0.490 e. The number of carbonyl (C=O) groups is 3. The summed E-state index contributed by atoms with van der Waals surface area (Å²) in [5.74, 6) is -0.549. The zero-order valence-corrected chi connectivity index (χ0v) is 22.7. The average Bonchev–Trinajstić information content (AvgIpc) is 2.98. The third kappa shape index (κ3) is 8.49. The standard InChI is InChI=1S/C33H29N3O5/c1-3-40-30-21-25(12-18-29(30)41-31(37)19-13-24-9-5-4-6-10-24)22-34-36-33(39)26-14-16-28(17-15-26)35-32(38)27-11-7-8-23(2)20-27/h4-22H,3H2,1-2H3,(H,35,38)(H,36,39)/b19-13+,34-22-. The molecule has 4 rings (SSSR count). The monoisotopic (exact) mass is 547 g/mol. The molecule has 0 radical (unpaired) electrons. The lowest BCUT2D eigenvalue weighted by atomic mass is 10.1. The molecule has 0 aliphatic carbocycles. The summed E-state index contributed by atoms with van der Waals surface area (Å²) in [7, 11) is 0. The van der Waals surface area contributed by atoms with Crippen molar-refractivity contribution in [3.8, 4) is 11.5 Å². The third-order valence-electron chi connectivity index (χ3n) is 5.75. The van der Waals surface area contributed by atoms with E-state index in [0.29, 0.717) is 34.7 Å². The smallest absolute Gasteiger partial charge is 0.336 e. The quantitative estimate of drug-likeness (QED) is 0.0829. The molecule has 0 heterocycles. The number of esters is 1. The van der Waals surface area contributed by atoms with Crippen LogP contribution in [-0.2, 0) is 4.79 Å². The average molecular weight is 548 g/mol. The van der Waals surface area contributed by atoms with Gasteiger partial charge in [0.15, 0.2) is 11.5 Å². The molecular weight excluding hydrogens is 518 g/mol. The van der Waals surface area contributed by atoms with Gasteiger partial charge in [-0.1, -0.05) is 48.0 Å². The Morgan fingerprint density at radius 3 is 2.29 bits per heavy atom. The summed E-state index contributed by atoms with van der Waals surface area (Å²) in [5, 5.41) is 6.84. The number of aryl methyl sites for hydroxylation is 1. The van der Waals surface area contributed by atoms with Crippen molar-refractivity contribution in [2.45, 2.75) is 13.8 Å². The molecule has 0 unspecified atom stereocenters. The van der Waals surface area contributed by atoms with Crippen molar-refractivity contribution in [2.75, 3.05) is 11.9 Å². The topological polar surface area (TPSA) is 106 Å². The van der Waals surface area contributed by atoms with Gasteiger partial charge < -0.3 is 14.8 Å². The van der Waals surface area contributed by atoms with E-state index in [9.17, 15) is 14.4 Å². The molecule has 0 saturated carbocycles. The molecule has 0 fully saturated rings. The number of anilines is 1. The predicted molar refractivity (Wildman–Crippen MR) is 159 cm³/mol. The van der Waals surface area contributed by atoms with Crippen LogP contribution < -0.4 is 20.2 Å². The molecule has 0 atom stereocenters. The Bertz CT molecular complexity index is 1580. The first-order valence-electron chi connectivity index (χ1n) is 12.9. The minimum atomic E-state index is -0.538. The van der Waals surface area contributed by atoms with Crippen LogP contribution in [0.1, 0.15) is 44.3 Å². The number of benzene rings is 4. The van der Waals surface area contributed by atoms with Crippen molar-refractivity contribution < 1.29 is 23.9 Å². The van der Waals surface area contributed by atoms with Gasteiger partial charge in [-0.15, -0.1) is 0 Å². The largest absolute Gasteiger partial charge is 0.490 e. The van der Waals surface area contributed by atoms with Gasteiger partial charge in [-0.25, -0.2) is 10.2 Å². The molecule has 206 valence electrons. The highest BCUT2D eigenvalue weighted by molar-refractivity contribution is 6.04. The van der Waals surface area contributed by atoms with E-state index in [1.54, 1.807) is 60.7 Å². The van der Waals surface area contributed by atoms with Gasteiger partial charge in [-0.05, 0) is 85.6 Å². The van der Waals surface area contributed by atoms with Crippen LogP contribution in [-0.4, -0.2) is 30.6 Å². The van der Waals surface area contributed by atoms with Gasteiger partial charge in [0.1, 0.15) is 0 Å². The zero-order valence-electron chi connectivity index (χ0n) is 22.7. The van der Waals surface area contributed by atoms with Crippen molar-refractivity contribution in [1.82, 2.24) is 5.43 Å².